The number of carbonyl (C=O) groups is 2. The number of amides is 1. The highest BCUT2D eigenvalue weighted by molar-refractivity contribution is 7.10. The first-order valence-electron chi connectivity index (χ1n) is 10.3. The molecule has 1 amide bonds. The first kappa shape index (κ1) is 20.3. The molecule has 5 nitrogen and oxygen atoms in total. The number of nitrogens with zero attached hydrogens (tertiary/aromatic N) is 1. The van der Waals surface area contributed by atoms with Crippen molar-refractivity contribution < 1.29 is 19.1 Å². The quantitative estimate of drug-likeness (QED) is 0.381. The van der Waals surface area contributed by atoms with Crippen molar-refractivity contribution in [1.29, 1.82) is 0 Å². The van der Waals surface area contributed by atoms with Crippen LogP contribution in [0, 0.1) is 20.8 Å². The fourth-order valence-electron chi connectivity index (χ4n) is 4.12. The lowest BCUT2D eigenvalue weighted by atomic mass is 9.98. The highest BCUT2D eigenvalue weighted by atomic mass is 32.1. The van der Waals surface area contributed by atoms with Gasteiger partial charge in [-0.25, -0.2) is 0 Å². The van der Waals surface area contributed by atoms with E-state index in [0.717, 1.165) is 27.0 Å². The molecule has 0 radical (unpaired) electrons. The van der Waals surface area contributed by atoms with Crippen LogP contribution >= 0.6 is 11.3 Å². The lowest BCUT2D eigenvalue weighted by Crippen LogP contribution is -2.31. The molecule has 4 aromatic rings. The number of benzene rings is 2. The number of thiophene rings is 1. The molecule has 1 aliphatic heterocycles. The Hall–Kier alpha value is -3.64. The van der Waals surface area contributed by atoms with Gasteiger partial charge in [0.2, 0.25) is 5.78 Å². The summed E-state index contributed by atoms with van der Waals surface area (Å²) in [4.78, 5) is 29.2. The zero-order chi connectivity index (χ0) is 22.6. The Morgan fingerprint density at radius 1 is 1.00 bits per heavy atom. The van der Waals surface area contributed by atoms with Gasteiger partial charge in [0.15, 0.2) is 11.5 Å². The lowest BCUT2D eigenvalue weighted by molar-refractivity contribution is -0.117. The van der Waals surface area contributed by atoms with Crippen LogP contribution < -0.4 is 4.90 Å². The van der Waals surface area contributed by atoms with Crippen LogP contribution in [0.5, 0.6) is 0 Å². The number of aryl methyl sites for hydroxylation is 3. The van der Waals surface area contributed by atoms with Gasteiger partial charge >= 0.3 is 0 Å². The summed E-state index contributed by atoms with van der Waals surface area (Å²) in [7, 11) is 0. The number of rotatable bonds is 4. The highest BCUT2D eigenvalue weighted by Gasteiger charge is 2.46. The summed E-state index contributed by atoms with van der Waals surface area (Å²) in [5, 5.41) is 13.6. The number of fused-ring (bicyclic) bond motifs is 1. The molecule has 160 valence electrons. The molecular formula is C26H21NO4S. The molecule has 0 spiro atoms. The highest BCUT2D eigenvalue weighted by Crippen LogP contribution is 2.45. The number of aliphatic hydroxyl groups is 1. The SMILES string of the molecule is Cc1ccc(N2C(=O)C(O)=C(C(=O)c3cc4ccccc4o3)C2c2sccc2C)cc1C. The minimum Gasteiger partial charge on any atom is -0.503 e. The average molecular weight is 444 g/mol. The first-order valence-corrected chi connectivity index (χ1v) is 11.2. The summed E-state index contributed by atoms with van der Waals surface area (Å²) >= 11 is 1.46. The topological polar surface area (TPSA) is 70.8 Å². The van der Waals surface area contributed by atoms with E-state index < -0.39 is 23.5 Å². The zero-order valence-corrected chi connectivity index (χ0v) is 18.7. The van der Waals surface area contributed by atoms with Crippen LogP contribution in [-0.4, -0.2) is 16.8 Å². The van der Waals surface area contributed by atoms with Gasteiger partial charge in [-0.3, -0.25) is 14.5 Å². The van der Waals surface area contributed by atoms with Gasteiger partial charge in [-0.2, -0.15) is 0 Å². The molecule has 6 heteroatoms. The fraction of sp³-hybridized carbons (Fsp3) is 0.154. The van der Waals surface area contributed by atoms with Crippen LogP contribution in [0.1, 0.15) is 38.2 Å². The van der Waals surface area contributed by atoms with E-state index in [9.17, 15) is 14.7 Å². The van der Waals surface area contributed by atoms with Crippen LogP contribution in [0.15, 0.2) is 75.7 Å². The van der Waals surface area contributed by atoms with Gasteiger partial charge in [-0.15, -0.1) is 11.3 Å². The van der Waals surface area contributed by atoms with Crippen molar-refractivity contribution in [2.75, 3.05) is 4.90 Å². The number of anilines is 1. The lowest BCUT2D eigenvalue weighted by Gasteiger charge is -2.27. The number of hydrogen-bond acceptors (Lipinski definition) is 5. The van der Waals surface area contributed by atoms with Gasteiger partial charge < -0.3 is 9.52 Å². The third kappa shape index (κ3) is 3.07. The van der Waals surface area contributed by atoms with Crippen molar-refractivity contribution in [3.8, 4) is 0 Å². The molecular weight excluding hydrogens is 422 g/mol. The second-order valence-electron chi connectivity index (χ2n) is 8.05. The van der Waals surface area contributed by atoms with E-state index in [1.165, 1.54) is 16.2 Å². The Bertz CT molecular complexity index is 1390. The van der Waals surface area contributed by atoms with Crippen LogP contribution in [0.2, 0.25) is 0 Å². The average Bonchev–Trinajstić information content (AvgIpc) is 3.46. The van der Waals surface area contributed by atoms with Crippen molar-refractivity contribution in [3.63, 3.8) is 0 Å². The minimum absolute atomic E-state index is 0.0397. The fourth-order valence-corrected chi connectivity index (χ4v) is 5.14. The number of para-hydroxylation sites is 1. The Morgan fingerprint density at radius 2 is 1.78 bits per heavy atom. The molecule has 1 N–H and O–H groups in total. The van der Waals surface area contributed by atoms with E-state index in [4.69, 9.17) is 4.42 Å². The van der Waals surface area contributed by atoms with Crippen LogP contribution in [0.4, 0.5) is 5.69 Å². The summed E-state index contributed by atoms with van der Waals surface area (Å²) in [5.41, 5.74) is 4.32. The zero-order valence-electron chi connectivity index (χ0n) is 17.9. The molecule has 0 saturated heterocycles. The van der Waals surface area contributed by atoms with Crippen LogP contribution in [-0.2, 0) is 4.79 Å². The van der Waals surface area contributed by atoms with Gasteiger partial charge in [-0.05, 0) is 73.2 Å². The largest absolute Gasteiger partial charge is 0.503 e. The number of ketones is 1. The van der Waals surface area contributed by atoms with Crippen LogP contribution in [0.3, 0.4) is 0 Å². The van der Waals surface area contributed by atoms with Crippen molar-refractivity contribution in [3.05, 3.63) is 98.6 Å². The first-order chi connectivity index (χ1) is 15.4. The molecule has 0 fully saturated rings. The summed E-state index contributed by atoms with van der Waals surface area (Å²) in [5.74, 6) is -1.52. The van der Waals surface area contributed by atoms with E-state index in [0.29, 0.717) is 11.3 Å². The van der Waals surface area contributed by atoms with Crippen molar-refractivity contribution in [2.24, 2.45) is 0 Å². The van der Waals surface area contributed by atoms with Crippen LogP contribution in [0.25, 0.3) is 11.0 Å². The molecule has 2 aromatic heterocycles. The molecule has 0 aliphatic carbocycles. The predicted molar refractivity (Wildman–Crippen MR) is 125 cm³/mol. The monoisotopic (exact) mass is 443 g/mol. The van der Waals surface area contributed by atoms with E-state index in [-0.39, 0.29) is 11.3 Å². The molecule has 5 rings (SSSR count). The second-order valence-corrected chi connectivity index (χ2v) is 9.00. The van der Waals surface area contributed by atoms with E-state index in [2.05, 4.69) is 0 Å². The van der Waals surface area contributed by atoms with Gasteiger partial charge in [0.05, 0.1) is 5.57 Å². The van der Waals surface area contributed by atoms with Gasteiger partial charge in [0.25, 0.3) is 5.91 Å². The molecule has 3 heterocycles. The third-order valence-corrected chi connectivity index (χ3v) is 7.09. The molecule has 32 heavy (non-hydrogen) atoms. The van der Waals surface area contributed by atoms with Crippen molar-refractivity contribution in [2.45, 2.75) is 26.8 Å². The van der Waals surface area contributed by atoms with Crippen molar-refractivity contribution in [1.82, 2.24) is 0 Å². The maximum atomic E-state index is 13.6. The predicted octanol–water partition coefficient (Wildman–Crippen LogP) is 6.20. The molecule has 1 unspecified atom stereocenters. The summed E-state index contributed by atoms with van der Waals surface area (Å²) < 4.78 is 5.78. The maximum Gasteiger partial charge on any atom is 0.294 e. The summed E-state index contributed by atoms with van der Waals surface area (Å²) in [6, 6.07) is 15.9. The standard InChI is InChI=1S/C26H21NO4S/c1-14-8-9-18(12-16(14)3)27-22(25-15(2)10-11-32-25)21(24(29)26(27)30)23(28)20-13-17-6-4-5-7-19(17)31-20/h4-13,22,29H,1-3H3. The number of Topliss-reactive ketones (excluding diaryl/α,β-unsaturated/α-hetero) is 1. The Kier molecular flexibility index (Phi) is 4.75. The Balaban J connectivity index is 1.67. The smallest absolute Gasteiger partial charge is 0.294 e. The molecule has 1 aliphatic rings. The Labute approximate surface area is 189 Å². The molecule has 0 bridgehead atoms. The van der Waals surface area contributed by atoms with Crippen molar-refractivity contribution >= 4 is 39.7 Å². The Morgan fingerprint density at radius 3 is 2.47 bits per heavy atom. The third-order valence-electron chi connectivity index (χ3n) is 6.02. The van der Waals surface area contributed by atoms with Gasteiger partial charge in [-0.1, -0.05) is 24.3 Å². The van der Waals surface area contributed by atoms with Gasteiger partial charge in [0, 0.05) is 16.0 Å². The number of hydrogen-bond donors (Lipinski definition) is 1. The van der Waals surface area contributed by atoms with E-state index >= 15 is 0 Å². The van der Waals surface area contributed by atoms with E-state index in [1.807, 2.05) is 68.6 Å². The molecule has 1 atom stereocenters. The number of aliphatic hydroxyl groups excluding tert-OH is 1. The van der Waals surface area contributed by atoms with E-state index in [1.54, 1.807) is 12.1 Å². The molecule has 0 saturated carbocycles. The second kappa shape index (κ2) is 7.50. The summed E-state index contributed by atoms with van der Waals surface area (Å²) in [6.07, 6.45) is 0. The molecule has 2 aromatic carbocycles. The number of carbonyl (C=O) groups excluding carboxylic acids is 2. The maximum absolute atomic E-state index is 13.6. The number of furan rings is 1. The van der Waals surface area contributed by atoms with Gasteiger partial charge in [0.1, 0.15) is 11.6 Å². The minimum atomic E-state index is -0.731. The summed E-state index contributed by atoms with van der Waals surface area (Å²) in [6.45, 7) is 5.91. The normalized spacial score (nSPS) is 16.4.